The minimum absolute atomic E-state index is 0.347. The molecule has 2 aliphatic rings. The molecule has 0 aromatic carbocycles. The molecule has 0 N–H and O–H groups in total. The van der Waals surface area contributed by atoms with Crippen LogP contribution in [-0.4, -0.2) is 63.1 Å². The van der Waals surface area contributed by atoms with Gasteiger partial charge in [-0.3, -0.25) is 4.90 Å². The van der Waals surface area contributed by atoms with Crippen LogP contribution in [0.25, 0.3) is 0 Å². The molecule has 0 aliphatic carbocycles. The van der Waals surface area contributed by atoms with Crippen LogP contribution < -0.4 is 0 Å². The predicted octanol–water partition coefficient (Wildman–Crippen LogP) is 1.62. The summed E-state index contributed by atoms with van der Waals surface area (Å²) in [5.41, 5.74) is 0. The van der Waals surface area contributed by atoms with Crippen molar-refractivity contribution in [3.63, 3.8) is 0 Å². The zero-order valence-corrected chi connectivity index (χ0v) is 13.9. The fraction of sp³-hybridized carbons (Fsp3) is 0.714. The number of fused-ring (bicyclic) bond motifs is 1. The first-order chi connectivity index (χ1) is 10.1. The molecule has 0 saturated carbocycles. The van der Waals surface area contributed by atoms with Crippen LogP contribution in [0.4, 0.5) is 0 Å². The first-order valence-corrected chi connectivity index (χ1v) is 9.73. The van der Waals surface area contributed by atoms with Gasteiger partial charge in [0.2, 0.25) is 0 Å². The van der Waals surface area contributed by atoms with E-state index in [4.69, 9.17) is 4.74 Å². The average molecular weight is 330 g/mol. The Bertz CT molecular complexity index is 559. The molecule has 2 aliphatic heterocycles. The van der Waals surface area contributed by atoms with Gasteiger partial charge in [-0.25, -0.2) is 8.42 Å². The molecular weight excluding hydrogens is 308 g/mol. The summed E-state index contributed by atoms with van der Waals surface area (Å²) in [7, 11) is -1.59. The number of methoxy groups -OCH3 is 1. The van der Waals surface area contributed by atoms with Gasteiger partial charge < -0.3 is 4.74 Å². The van der Waals surface area contributed by atoms with Gasteiger partial charge >= 0.3 is 0 Å². The van der Waals surface area contributed by atoms with Crippen molar-refractivity contribution in [2.24, 2.45) is 0 Å². The van der Waals surface area contributed by atoms with Crippen LogP contribution in [0, 0.1) is 0 Å². The van der Waals surface area contributed by atoms with Crippen molar-refractivity contribution >= 4 is 21.4 Å². The molecule has 0 amide bonds. The third kappa shape index (κ3) is 3.03. The molecule has 0 radical (unpaired) electrons. The highest BCUT2D eigenvalue weighted by Crippen LogP contribution is 2.31. The number of thiophene rings is 1. The van der Waals surface area contributed by atoms with Crippen molar-refractivity contribution in [2.45, 2.75) is 35.6 Å². The van der Waals surface area contributed by atoms with Crippen molar-refractivity contribution in [2.75, 3.05) is 33.4 Å². The highest BCUT2D eigenvalue weighted by Gasteiger charge is 2.41. The smallest absolute Gasteiger partial charge is 0.252 e. The normalized spacial score (nSPS) is 28.4. The van der Waals surface area contributed by atoms with Gasteiger partial charge in [0.15, 0.2) is 0 Å². The summed E-state index contributed by atoms with van der Waals surface area (Å²) in [6, 6.07) is 4.31. The van der Waals surface area contributed by atoms with Crippen LogP contribution in [0.5, 0.6) is 0 Å². The van der Waals surface area contributed by atoms with Crippen LogP contribution in [0.3, 0.4) is 0 Å². The summed E-state index contributed by atoms with van der Waals surface area (Å²) in [5.74, 6) is 0. The molecule has 2 saturated heterocycles. The van der Waals surface area contributed by atoms with E-state index in [0.29, 0.717) is 29.4 Å². The second-order valence-electron chi connectivity index (χ2n) is 5.74. The van der Waals surface area contributed by atoms with Gasteiger partial charge in [0.05, 0.1) is 6.61 Å². The number of hydrogen-bond acceptors (Lipinski definition) is 5. The van der Waals surface area contributed by atoms with Gasteiger partial charge in [-0.05, 0) is 37.3 Å². The minimum Gasteiger partial charge on any atom is -0.383 e. The molecule has 0 bridgehead atoms. The molecule has 0 spiro atoms. The first kappa shape index (κ1) is 15.4. The Labute approximate surface area is 130 Å². The summed E-state index contributed by atoms with van der Waals surface area (Å²) in [6.45, 7) is 3.06. The van der Waals surface area contributed by atoms with E-state index >= 15 is 0 Å². The zero-order chi connectivity index (χ0) is 14.9. The van der Waals surface area contributed by atoms with Gasteiger partial charge in [0, 0.05) is 32.3 Å². The second-order valence-corrected chi connectivity index (χ2v) is 8.85. The molecule has 1 aromatic heterocycles. The lowest BCUT2D eigenvalue weighted by Crippen LogP contribution is -2.62. The van der Waals surface area contributed by atoms with E-state index in [-0.39, 0.29) is 0 Å². The van der Waals surface area contributed by atoms with E-state index in [1.807, 2.05) is 5.38 Å². The Hall–Kier alpha value is -0.470. The molecule has 21 heavy (non-hydrogen) atoms. The third-order valence-electron chi connectivity index (χ3n) is 4.42. The fourth-order valence-electron chi connectivity index (χ4n) is 3.31. The maximum atomic E-state index is 12.7. The highest BCUT2D eigenvalue weighted by molar-refractivity contribution is 7.91. The van der Waals surface area contributed by atoms with E-state index in [2.05, 4.69) is 4.90 Å². The molecular formula is C14H22N2O3S2. The maximum absolute atomic E-state index is 12.7. The lowest BCUT2D eigenvalue weighted by molar-refractivity contribution is -0.0402. The second kappa shape index (κ2) is 6.34. The largest absolute Gasteiger partial charge is 0.383 e. The lowest BCUT2D eigenvalue weighted by Gasteiger charge is -2.51. The fourth-order valence-corrected chi connectivity index (χ4v) is 5.97. The minimum atomic E-state index is -3.32. The summed E-state index contributed by atoms with van der Waals surface area (Å²) < 4.78 is 32.8. The Morgan fingerprint density at radius 1 is 1.38 bits per heavy atom. The monoisotopic (exact) mass is 330 g/mol. The Morgan fingerprint density at radius 2 is 2.19 bits per heavy atom. The van der Waals surface area contributed by atoms with Crippen LogP contribution in [0.15, 0.2) is 21.7 Å². The van der Waals surface area contributed by atoms with Crippen LogP contribution >= 0.6 is 11.3 Å². The van der Waals surface area contributed by atoms with Gasteiger partial charge in [0.25, 0.3) is 10.0 Å². The average Bonchev–Trinajstić information content (AvgIpc) is 2.96. The summed E-state index contributed by atoms with van der Waals surface area (Å²) in [6.07, 6.45) is 3.00. The topological polar surface area (TPSA) is 49.9 Å². The van der Waals surface area contributed by atoms with E-state index in [9.17, 15) is 8.42 Å². The SMILES string of the molecule is COC[C@@H]1C[C@@H]2CN(S(=O)(=O)c3cccs3)CCCCN12. The van der Waals surface area contributed by atoms with E-state index in [0.717, 1.165) is 32.4 Å². The standard InChI is InChI=1S/C14H22N2O3S2/c1-19-11-13-9-12-10-15(6-2-3-7-16(12)13)21(17,18)14-5-4-8-20-14/h4-5,8,12-13H,2-3,6-7,9-11H2,1H3/t12-,13+/m1/s1. The molecule has 2 fully saturated rings. The molecule has 5 nitrogen and oxygen atoms in total. The highest BCUT2D eigenvalue weighted by atomic mass is 32.2. The number of hydrogen-bond donors (Lipinski definition) is 0. The lowest BCUT2D eigenvalue weighted by atomic mass is 9.91. The van der Waals surface area contributed by atoms with Gasteiger partial charge in [0.1, 0.15) is 4.21 Å². The van der Waals surface area contributed by atoms with Gasteiger partial charge in [-0.15, -0.1) is 11.3 Å². The molecule has 3 rings (SSSR count). The van der Waals surface area contributed by atoms with Crippen molar-refractivity contribution in [1.82, 2.24) is 9.21 Å². The van der Waals surface area contributed by atoms with Crippen LogP contribution in [0.1, 0.15) is 19.3 Å². The number of ether oxygens (including phenoxy) is 1. The first-order valence-electron chi connectivity index (χ1n) is 7.41. The number of nitrogens with zero attached hydrogens (tertiary/aromatic N) is 2. The Kier molecular flexibility index (Phi) is 4.66. The molecule has 7 heteroatoms. The maximum Gasteiger partial charge on any atom is 0.252 e. The van der Waals surface area contributed by atoms with Crippen molar-refractivity contribution < 1.29 is 13.2 Å². The third-order valence-corrected chi connectivity index (χ3v) is 7.66. The molecule has 118 valence electrons. The Morgan fingerprint density at radius 3 is 2.90 bits per heavy atom. The van der Waals surface area contributed by atoms with Crippen molar-refractivity contribution in [1.29, 1.82) is 0 Å². The zero-order valence-electron chi connectivity index (χ0n) is 12.3. The number of sulfonamides is 1. The molecule has 2 atom stereocenters. The van der Waals surface area contributed by atoms with E-state index in [1.165, 1.54) is 11.3 Å². The molecule has 3 heterocycles. The van der Waals surface area contributed by atoms with Crippen molar-refractivity contribution in [3.8, 4) is 0 Å². The summed E-state index contributed by atoms with van der Waals surface area (Å²) in [5, 5.41) is 1.82. The molecule has 0 unspecified atom stereocenters. The quantitative estimate of drug-likeness (QED) is 0.842. The number of rotatable bonds is 4. The summed E-state index contributed by atoms with van der Waals surface area (Å²) in [4.78, 5) is 2.42. The summed E-state index contributed by atoms with van der Waals surface area (Å²) >= 11 is 1.30. The van der Waals surface area contributed by atoms with Crippen molar-refractivity contribution in [3.05, 3.63) is 17.5 Å². The van der Waals surface area contributed by atoms with Gasteiger partial charge in [-0.2, -0.15) is 4.31 Å². The van der Waals surface area contributed by atoms with Gasteiger partial charge in [-0.1, -0.05) is 6.07 Å². The van der Waals surface area contributed by atoms with Crippen LogP contribution in [0.2, 0.25) is 0 Å². The van der Waals surface area contributed by atoms with E-state index in [1.54, 1.807) is 23.5 Å². The Balaban J connectivity index is 1.73. The van der Waals surface area contributed by atoms with E-state index < -0.39 is 10.0 Å². The van der Waals surface area contributed by atoms with Crippen LogP contribution in [-0.2, 0) is 14.8 Å². The molecule has 1 aromatic rings. The predicted molar refractivity (Wildman–Crippen MR) is 83.1 cm³/mol.